The van der Waals surface area contributed by atoms with Crippen molar-refractivity contribution in [2.24, 2.45) is 0 Å². The summed E-state index contributed by atoms with van der Waals surface area (Å²) in [4.78, 5) is 15.4. The summed E-state index contributed by atoms with van der Waals surface area (Å²) in [5.74, 6) is -0.179. The highest BCUT2D eigenvalue weighted by atomic mass is 16.5. The summed E-state index contributed by atoms with van der Waals surface area (Å²) in [6.45, 7) is 0. The first-order chi connectivity index (χ1) is 7.31. The summed E-state index contributed by atoms with van der Waals surface area (Å²) in [6, 6.07) is 3.98. The van der Waals surface area contributed by atoms with Gasteiger partial charge in [0.15, 0.2) is 0 Å². The van der Waals surface area contributed by atoms with Crippen molar-refractivity contribution in [1.82, 2.24) is 10.3 Å². The SMILES string of the molecule is COC(=O)C1CCC(c2cccnc2)N1. The molecular formula is C11H14N2O2. The van der Waals surface area contributed by atoms with Gasteiger partial charge in [-0.2, -0.15) is 0 Å². The molecule has 1 saturated heterocycles. The van der Waals surface area contributed by atoms with Crippen LogP contribution in [0.1, 0.15) is 24.4 Å². The van der Waals surface area contributed by atoms with Crippen LogP contribution < -0.4 is 5.32 Å². The molecule has 2 heterocycles. The lowest BCUT2D eigenvalue weighted by Crippen LogP contribution is -2.33. The van der Waals surface area contributed by atoms with E-state index in [0.717, 1.165) is 18.4 Å². The zero-order chi connectivity index (χ0) is 10.7. The van der Waals surface area contributed by atoms with E-state index in [2.05, 4.69) is 10.3 Å². The quantitative estimate of drug-likeness (QED) is 0.735. The maximum Gasteiger partial charge on any atom is 0.322 e. The van der Waals surface area contributed by atoms with Crippen LogP contribution in [0.3, 0.4) is 0 Å². The molecule has 1 aliphatic rings. The number of carbonyl (C=O) groups excluding carboxylic acids is 1. The van der Waals surface area contributed by atoms with Gasteiger partial charge in [0.05, 0.1) is 7.11 Å². The second-order valence-corrected chi connectivity index (χ2v) is 3.66. The molecule has 0 amide bonds. The summed E-state index contributed by atoms with van der Waals surface area (Å²) in [5.41, 5.74) is 1.13. The van der Waals surface area contributed by atoms with Gasteiger partial charge >= 0.3 is 5.97 Å². The first-order valence-corrected chi connectivity index (χ1v) is 5.05. The lowest BCUT2D eigenvalue weighted by atomic mass is 10.1. The molecule has 1 aromatic heterocycles. The van der Waals surface area contributed by atoms with Crippen LogP contribution in [0.4, 0.5) is 0 Å². The standard InChI is InChI=1S/C11H14N2O2/c1-15-11(14)10-5-4-9(13-10)8-3-2-6-12-7-8/h2-3,6-7,9-10,13H,4-5H2,1H3. The number of aromatic nitrogens is 1. The number of ether oxygens (including phenoxy) is 1. The van der Waals surface area contributed by atoms with E-state index in [1.807, 2.05) is 18.3 Å². The molecule has 0 aliphatic carbocycles. The van der Waals surface area contributed by atoms with Gasteiger partial charge in [0.2, 0.25) is 0 Å². The van der Waals surface area contributed by atoms with E-state index < -0.39 is 0 Å². The Morgan fingerprint density at radius 3 is 3.13 bits per heavy atom. The van der Waals surface area contributed by atoms with Crippen LogP contribution in [0.25, 0.3) is 0 Å². The maximum atomic E-state index is 11.3. The number of hydrogen-bond acceptors (Lipinski definition) is 4. The third-order valence-corrected chi connectivity index (χ3v) is 2.72. The lowest BCUT2D eigenvalue weighted by molar-refractivity contribution is -0.142. The molecule has 1 N–H and O–H groups in total. The monoisotopic (exact) mass is 206 g/mol. The smallest absolute Gasteiger partial charge is 0.322 e. The van der Waals surface area contributed by atoms with Crippen molar-refractivity contribution in [3.8, 4) is 0 Å². The molecule has 0 radical (unpaired) electrons. The highest BCUT2D eigenvalue weighted by molar-refractivity contribution is 5.76. The molecular weight excluding hydrogens is 192 g/mol. The largest absolute Gasteiger partial charge is 0.468 e. The van der Waals surface area contributed by atoms with Gasteiger partial charge in [-0.15, -0.1) is 0 Å². The van der Waals surface area contributed by atoms with Crippen LogP contribution in [-0.4, -0.2) is 24.1 Å². The van der Waals surface area contributed by atoms with Crippen LogP contribution >= 0.6 is 0 Å². The molecule has 0 aromatic carbocycles. The van der Waals surface area contributed by atoms with Gasteiger partial charge < -0.3 is 4.74 Å². The Kier molecular flexibility index (Phi) is 2.97. The summed E-state index contributed by atoms with van der Waals surface area (Å²) in [5, 5.41) is 3.24. The number of pyridine rings is 1. The minimum Gasteiger partial charge on any atom is -0.468 e. The second kappa shape index (κ2) is 4.40. The van der Waals surface area contributed by atoms with Crippen molar-refractivity contribution >= 4 is 5.97 Å². The predicted octanol–water partition coefficient (Wildman–Crippen LogP) is 1.05. The van der Waals surface area contributed by atoms with E-state index in [0.29, 0.717) is 0 Å². The third-order valence-electron chi connectivity index (χ3n) is 2.72. The van der Waals surface area contributed by atoms with E-state index in [4.69, 9.17) is 4.74 Å². The van der Waals surface area contributed by atoms with Gasteiger partial charge in [0.1, 0.15) is 6.04 Å². The minimum atomic E-state index is -0.179. The predicted molar refractivity (Wildman–Crippen MR) is 55.2 cm³/mol. The maximum absolute atomic E-state index is 11.3. The third kappa shape index (κ3) is 2.15. The van der Waals surface area contributed by atoms with Crippen LogP contribution in [0.2, 0.25) is 0 Å². The van der Waals surface area contributed by atoms with E-state index in [1.54, 1.807) is 6.20 Å². The van der Waals surface area contributed by atoms with Crippen molar-refractivity contribution in [3.63, 3.8) is 0 Å². The Bertz CT molecular complexity index is 340. The number of methoxy groups -OCH3 is 1. The number of nitrogens with zero attached hydrogens (tertiary/aromatic N) is 1. The zero-order valence-electron chi connectivity index (χ0n) is 8.64. The highest BCUT2D eigenvalue weighted by Crippen LogP contribution is 2.26. The molecule has 1 fully saturated rings. The Morgan fingerprint density at radius 1 is 1.60 bits per heavy atom. The summed E-state index contributed by atoms with van der Waals surface area (Å²) >= 11 is 0. The summed E-state index contributed by atoms with van der Waals surface area (Å²) in [7, 11) is 1.42. The van der Waals surface area contributed by atoms with Gasteiger partial charge in [-0.3, -0.25) is 15.1 Å². The van der Waals surface area contributed by atoms with Crippen LogP contribution in [0, 0.1) is 0 Å². The molecule has 80 valence electrons. The average molecular weight is 206 g/mol. The molecule has 0 spiro atoms. The Hall–Kier alpha value is -1.42. The van der Waals surface area contributed by atoms with Gasteiger partial charge in [-0.05, 0) is 24.5 Å². The van der Waals surface area contributed by atoms with Gasteiger partial charge in [-0.25, -0.2) is 0 Å². The molecule has 2 rings (SSSR count). The normalized spacial score (nSPS) is 25.1. The van der Waals surface area contributed by atoms with Crippen molar-refractivity contribution in [3.05, 3.63) is 30.1 Å². The number of hydrogen-bond donors (Lipinski definition) is 1. The molecule has 4 nitrogen and oxygen atoms in total. The molecule has 2 unspecified atom stereocenters. The molecule has 2 atom stereocenters. The average Bonchev–Trinajstić information content (AvgIpc) is 2.78. The fourth-order valence-corrected chi connectivity index (χ4v) is 1.92. The molecule has 1 aliphatic heterocycles. The molecule has 4 heteroatoms. The number of rotatable bonds is 2. The van der Waals surface area contributed by atoms with Crippen molar-refractivity contribution in [1.29, 1.82) is 0 Å². The topological polar surface area (TPSA) is 51.2 Å². The zero-order valence-corrected chi connectivity index (χ0v) is 8.64. The Balaban J connectivity index is 2.02. The van der Waals surface area contributed by atoms with Gasteiger partial charge in [0, 0.05) is 18.4 Å². The van der Waals surface area contributed by atoms with E-state index in [9.17, 15) is 4.79 Å². The first kappa shape index (κ1) is 10.1. The van der Waals surface area contributed by atoms with Crippen LogP contribution in [-0.2, 0) is 9.53 Å². The molecule has 0 saturated carbocycles. The molecule has 1 aromatic rings. The van der Waals surface area contributed by atoms with E-state index in [1.165, 1.54) is 7.11 Å². The second-order valence-electron chi connectivity index (χ2n) is 3.66. The number of carbonyl (C=O) groups is 1. The summed E-state index contributed by atoms with van der Waals surface area (Å²) in [6.07, 6.45) is 5.35. The Morgan fingerprint density at radius 2 is 2.47 bits per heavy atom. The van der Waals surface area contributed by atoms with Crippen LogP contribution in [0.15, 0.2) is 24.5 Å². The van der Waals surface area contributed by atoms with Gasteiger partial charge in [-0.1, -0.05) is 6.07 Å². The fourth-order valence-electron chi connectivity index (χ4n) is 1.92. The van der Waals surface area contributed by atoms with Gasteiger partial charge in [0.25, 0.3) is 0 Å². The summed E-state index contributed by atoms with van der Waals surface area (Å²) < 4.78 is 4.70. The van der Waals surface area contributed by atoms with E-state index in [-0.39, 0.29) is 18.1 Å². The fraction of sp³-hybridized carbons (Fsp3) is 0.455. The number of nitrogens with one attached hydrogen (secondary N) is 1. The Labute approximate surface area is 88.7 Å². The van der Waals surface area contributed by atoms with E-state index >= 15 is 0 Å². The first-order valence-electron chi connectivity index (χ1n) is 5.05. The van der Waals surface area contributed by atoms with Crippen molar-refractivity contribution in [2.45, 2.75) is 24.9 Å². The van der Waals surface area contributed by atoms with Crippen LogP contribution in [0.5, 0.6) is 0 Å². The molecule has 15 heavy (non-hydrogen) atoms. The minimum absolute atomic E-state index is 0.166. The highest BCUT2D eigenvalue weighted by Gasteiger charge is 2.30. The lowest BCUT2D eigenvalue weighted by Gasteiger charge is -2.12. The van der Waals surface area contributed by atoms with Crippen molar-refractivity contribution in [2.75, 3.05) is 7.11 Å². The van der Waals surface area contributed by atoms with Crippen molar-refractivity contribution < 1.29 is 9.53 Å². The number of esters is 1. The molecule has 0 bridgehead atoms.